The molecule has 1 atom stereocenters. The van der Waals surface area contributed by atoms with Crippen LogP contribution in [0, 0.1) is 5.41 Å². The number of nitrogens with two attached hydrogens (primary N) is 1. The lowest BCUT2D eigenvalue weighted by atomic mass is 9.84. The van der Waals surface area contributed by atoms with E-state index in [1.54, 1.807) is 0 Å². The minimum Gasteiger partial charge on any atom is -0.330 e. The summed E-state index contributed by atoms with van der Waals surface area (Å²) in [6.45, 7) is 9.01. The first-order valence-corrected chi connectivity index (χ1v) is 7.09. The molecular weight excluding hydrogens is 210 g/mol. The third-order valence-electron chi connectivity index (χ3n) is 4.29. The van der Waals surface area contributed by atoms with Crippen molar-refractivity contribution in [2.45, 2.75) is 45.6 Å². The van der Waals surface area contributed by atoms with E-state index in [2.05, 4.69) is 37.7 Å². The molecule has 3 heteroatoms. The Bertz CT molecular complexity index is 212. The maximum Gasteiger partial charge on any atom is 0.0117 e. The molecule has 1 saturated heterocycles. The highest BCUT2D eigenvalue weighted by atomic mass is 15.2. The van der Waals surface area contributed by atoms with Crippen molar-refractivity contribution in [2.24, 2.45) is 11.1 Å². The summed E-state index contributed by atoms with van der Waals surface area (Å²) in [6, 6.07) is 0.758. The lowest BCUT2D eigenvalue weighted by Gasteiger charge is -2.40. The molecule has 17 heavy (non-hydrogen) atoms. The number of rotatable bonds is 6. The van der Waals surface area contributed by atoms with Gasteiger partial charge in [0.15, 0.2) is 0 Å². The van der Waals surface area contributed by atoms with Crippen LogP contribution in [0.5, 0.6) is 0 Å². The lowest BCUT2D eigenvalue weighted by molar-refractivity contribution is 0.0984. The van der Waals surface area contributed by atoms with Gasteiger partial charge in [-0.2, -0.15) is 0 Å². The highest BCUT2D eigenvalue weighted by Gasteiger charge is 2.28. The maximum absolute atomic E-state index is 5.96. The quantitative estimate of drug-likeness (QED) is 0.769. The zero-order valence-electron chi connectivity index (χ0n) is 12.2. The fourth-order valence-corrected chi connectivity index (χ4v) is 3.02. The Morgan fingerprint density at radius 3 is 2.41 bits per heavy atom. The van der Waals surface area contributed by atoms with Crippen LogP contribution in [0.1, 0.15) is 39.5 Å². The minimum absolute atomic E-state index is 0.298. The Labute approximate surface area is 107 Å². The van der Waals surface area contributed by atoms with Gasteiger partial charge in [-0.3, -0.25) is 0 Å². The Balaban J connectivity index is 2.44. The van der Waals surface area contributed by atoms with Gasteiger partial charge >= 0.3 is 0 Å². The SMILES string of the molecule is CCCC(C)(CN)CN(C)C1CCN(C)CC1. The summed E-state index contributed by atoms with van der Waals surface area (Å²) in [4.78, 5) is 4.98. The maximum atomic E-state index is 5.96. The summed E-state index contributed by atoms with van der Waals surface area (Å²) < 4.78 is 0. The van der Waals surface area contributed by atoms with Gasteiger partial charge in [0.2, 0.25) is 0 Å². The van der Waals surface area contributed by atoms with Gasteiger partial charge in [0.25, 0.3) is 0 Å². The molecule has 0 bridgehead atoms. The molecule has 0 radical (unpaired) electrons. The summed E-state index contributed by atoms with van der Waals surface area (Å²) in [5.41, 5.74) is 6.26. The fraction of sp³-hybridized carbons (Fsp3) is 1.00. The second kappa shape index (κ2) is 6.72. The minimum atomic E-state index is 0.298. The predicted octanol–water partition coefficient (Wildman–Crippen LogP) is 1.78. The largest absolute Gasteiger partial charge is 0.330 e. The average Bonchev–Trinajstić information content (AvgIpc) is 2.30. The monoisotopic (exact) mass is 241 g/mol. The van der Waals surface area contributed by atoms with E-state index in [1.165, 1.54) is 38.8 Å². The molecule has 1 aliphatic rings. The van der Waals surface area contributed by atoms with Crippen molar-refractivity contribution in [1.82, 2.24) is 9.80 Å². The van der Waals surface area contributed by atoms with Crippen LogP contribution >= 0.6 is 0 Å². The molecular formula is C14H31N3. The highest BCUT2D eigenvalue weighted by molar-refractivity contribution is 4.83. The van der Waals surface area contributed by atoms with Gasteiger partial charge < -0.3 is 15.5 Å². The smallest absolute Gasteiger partial charge is 0.0117 e. The van der Waals surface area contributed by atoms with Crippen LogP contribution in [0.3, 0.4) is 0 Å². The van der Waals surface area contributed by atoms with E-state index in [0.29, 0.717) is 5.41 Å². The molecule has 0 aromatic rings. The van der Waals surface area contributed by atoms with Crippen molar-refractivity contribution in [3.63, 3.8) is 0 Å². The first-order valence-electron chi connectivity index (χ1n) is 7.09. The van der Waals surface area contributed by atoms with Crippen molar-refractivity contribution in [3.8, 4) is 0 Å². The van der Waals surface area contributed by atoms with E-state index >= 15 is 0 Å². The molecule has 2 N–H and O–H groups in total. The van der Waals surface area contributed by atoms with Crippen molar-refractivity contribution in [2.75, 3.05) is 40.3 Å². The van der Waals surface area contributed by atoms with Gasteiger partial charge in [-0.25, -0.2) is 0 Å². The third kappa shape index (κ3) is 4.57. The topological polar surface area (TPSA) is 32.5 Å². The van der Waals surface area contributed by atoms with E-state index in [4.69, 9.17) is 5.73 Å². The fourth-order valence-electron chi connectivity index (χ4n) is 3.02. The van der Waals surface area contributed by atoms with E-state index < -0.39 is 0 Å². The van der Waals surface area contributed by atoms with Crippen molar-refractivity contribution >= 4 is 0 Å². The van der Waals surface area contributed by atoms with Crippen LogP contribution in [0.25, 0.3) is 0 Å². The molecule has 0 amide bonds. The Morgan fingerprint density at radius 1 is 1.35 bits per heavy atom. The predicted molar refractivity (Wildman–Crippen MR) is 75.2 cm³/mol. The zero-order valence-corrected chi connectivity index (χ0v) is 12.2. The van der Waals surface area contributed by atoms with Gasteiger partial charge in [-0.05, 0) is 58.4 Å². The summed E-state index contributed by atoms with van der Waals surface area (Å²) in [5.74, 6) is 0. The zero-order chi connectivity index (χ0) is 12.9. The standard InChI is InChI=1S/C14H31N3/c1-5-8-14(2,11-15)12-17(4)13-6-9-16(3)10-7-13/h13H,5-12,15H2,1-4H3. The molecule has 0 spiro atoms. The number of hydrogen-bond acceptors (Lipinski definition) is 3. The average molecular weight is 241 g/mol. The second-order valence-electron chi connectivity index (χ2n) is 6.21. The normalized spacial score (nSPS) is 22.9. The summed E-state index contributed by atoms with van der Waals surface area (Å²) >= 11 is 0. The third-order valence-corrected chi connectivity index (χ3v) is 4.29. The molecule has 1 fully saturated rings. The van der Waals surface area contributed by atoms with Crippen molar-refractivity contribution < 1.29 is 0 Å². The molecule has 1 aliphatic heterocycles. The van der Waals surface area contributed by atoms with Crippen LogP contribution in [0.15, 0.2) is 0 Å². The molecule has 0 aromatic heterocycles. The van der Waals surface area contributed by atoms with E-state index in [9.17, 15) is 0 Å². The first-order chi connectivity index (χ1) is 8.00. The number of piperidine rings is 1. The van der Waals surface area contributed by atoms with Gasteiger partial charge in [0, 0.05) is 12.6 Å². The summed E-state index contributed by atoms with van der Waals surface area (Å²) in [6.07, 6.45) is 5.08. The van der Waals surface area contributed by atoms with Crippen LogP contribution in [0.4, 0.5) is 0 Å². The van der Waals surface area contributed by atoms with E-state index in [0.717, 1.165) is 19.1 Å². The molecule has 0 saturated carbocycles. The Kier molecular flexibility index (Phi) is 5.90. The number of likely N-dealkylation sites (tertiary alicyclic amines) is 1. The molecule has 1 heterocycles. The Morgan fingerprint density at radius 2 is 1.94 bits per heavy atom. The number of hydrogen-bond donors (Lipinski definition) is 1. The lowest BCUT2D eigenvalue weighted by Crippen LogP contribution is -2.47. The molecule has 0 aromatic carbocycles. The van der Waals surface area contributed by atoms with Gasteiger partial charge in [0.1, 0.15) is 0 Å². The van der Waals surface area contributed by atoms with Crippen molar-refractivity contribution in [3.05, 3.63) is 0 Å². The Hall–Kier alpha value is -0.120. The first kappa shape index (κ1) is 14.9. The number of nitrogens with zero attached hydrogens (tertiary/aromatic N) is 2. The van der Waals surface area contributed by atoms with E-state index in [-0.39, 0.29) is 0 Å². The molecule has 102 valence electrons. The van der Waals surface area contributed by atoms with Gasteiger partial charge in [-0.15, -0.1) is 0 Å². The van der Waals surface area contributed by atoms with Crippen LogP contribution < -0.4 is 5.73 Å². The second-order valence-corrected chi connectivity index (χ2v) is 6.21. The van der Waals surface area contributed by atoms with Crippen molar-refractivity contribution in [1.29, 1.82) is 0 Å². The molecule has 3 nitrogen and oxygen atoms in total. The van der Waals surface area contributed by atoms with Crippen LogP contribution in [-0.2, 0) is 0 Å². The molecule has 0 aliphatic carbocycles. The summed E-state index contributed by atoms with van der Waals surface area (Å²) in [5, 5.41) is 0. The highest BCUT2D eigenvalue weighted by Crippen LogP contribution is 2.25. The molecule has 1 rings (SSSR count). The van der Waals surface area contributed by atoms with Crippen LogP contribution in [0.2, 0.25) is 0 Å². The van der Waals surface area contributed by atoms with Crippen LogP contribution in [-0.4, -0.2) is 56.1 Å². The van der Waals surface area contributed by atoms with E-state index in [1.807, 2.05) is 0 Å². The summed E-state index contributed by atoms with van der Waals surface area (Å²) in [7, 11) is 4.50. The van der Waals surface area contributed by atoms with Gasteiger partial charge in [-0.1, -0.05) is 20.3 Å². The van der Waals surface area contributed by atoms with Gasteiger partial charge in [0.05, 0.1) is 0 Å². The molecule has 1 unspecified atom stereocenters.